The second-order valence-electron chi connectivity index (χ2n) is 14.8. The topological polar surface area (TPSA) is 6.48 Å². The molecule has 9 aromatic rings. The Morgan fingerprint density at radius 1 is 0.237 bits per heavy atom. The van der Waals surface area contributed by atoms with E-state index >= 15 is 0 Å². The van der Waals surface area contributed by atoms with Crippen LogP contribution >= 0.6 is 11.8 Å². The molecule has 3 heteroatoms. The van der Waals surface area contributed by atoms with Gasteiger partial charge in [0.15, 0.2) is 0 Å². The number of benzene rings is 9. The molecule has 284 valence electrons. The zero-order chi connectivity index (χ0) is 40.0. The van der Waals surface area contributed by atoms with E-state index in [-0.39, 0.29) is 0 Å². The van der Waals surface area contributed by atoms with Crippen molar-refractivity contribution < 1.29 is 0 Å². The van der Waals surface area contributed by atoms with Crippen LogP contribution in [0.1, 0.15) is 11.1 Å². The van der Waals surface area contributed by atoms with E-state index in [0.717, 1.165) is 34.1 Å². The van der Waals surface area contributed by atoms with Crippen molar-refractivity contribution >= 4 is 45.9 Å². The first-order valence-corrected chi connectivity index (χ1v) is 20.9. The Labute approximate surface area is 352 Å². The summed E-state index contributed by atoms with van der Waals surface area (Å²) < 4.78 is 0. The van der Waals surface area contributed by atoms with Crippen LogP contribution in [0.25, 0.3) is 33.4 Å². The van der Waals surface area contributed by atoms with Gasteiger partial charge >= 0.3 is 0 Å². The fraction of sp³-hybridized carbons (Fsp3) is 0.0357. The van der Waals surface area contributed by atoms with Gasteiger partial charge in [0.1, 0.15) is 0 Å². The van der Waals surface area contributed by atoms with Gasteiger partial charge in [0.2, 0.25) is 0 Å². The maximum absolute atomic E-state index is 2.31. The van der Waals surface area contributed by atoms with Crippen LogP contribution in [0.2, 0.25) is 0 Å². The Morgan fingerprint density at radius 2 is 0.458 bits per heavy atom. The first kappa shape index (κ1) is 37.5. The van der Waals surface area contributed by atoms with Crippen molar-refractivity contribution in [1.82, 2.24) is 0 Å². The molecule has 0 spiro atoms. The summed E-state index contributed by atoms with van der Waals surface area (Å²) in [6, 6.07) is 82.9. The number of aryl methyl sites for hydroxylation is 2. The monoisotopic (exact) mass is 776 g/mol. The molecule has 59 heavy (non-hydrogen) atoms. The SMILES string of the molecule is Cc1ccc(-c2ccc(N(c3ccccc3)c3ccc(Sc4ccc(-c5ccc(N(c6ccccc6)c6ccc(-c7ccc(C)cc7)cc6)cc5)cc4)cc3)cc2)cc1. The third-order valence-electron chi connectivity index (χ3n) is 10.7. The van der Waals surface area contributed by atoms with Gasteiger partial charge in [0.05, 0.1) is 0 Å². The normalized spacial score (nSPS) is 10.9. The Balaban J connectivity index is 0.903. The lowest BCUT2D eigenvalue weighted by Gasteiger charge is -2.26. The molecule has 0 aliphatic rings. The lowest BCUT2D eigenvalue weighted by molar-refractivity contribution is 1.27. The van der Waals surface area contributed by atoms with Crippen LogP contribution < -0.4 is 9.80 Å². The number of para-hydroxylation sites is 2. The number of anilines is 6. The van der Waals surface area contributed by atoms with Crippen LogP contribution in [-0.2, 0) is 0 Å². The molecule has 0 aromatic heterocycles. The minimum atomic E-state index is 1.11. The predicted octanol–water partition coefficient (Wildman–Crippen LogP) is 16.4. The van der Waals surface area contributed by atoms with Gasteiger partial charge in [0, 0.05) is 43.9 Å². The van der Waals surface area contributed by atoms with Gasteiger partial charge < -0.3 is 9.80 Å². The molecule has 0 N–H and O–H groups in total. The molecule has 0 saturated carbocycles. The molecule has 0 atom stereocenters. The van der Waals surface area contributed by atoms with Crippen molar-refractivity contribution in [3.63, 3.8) is 0 Å². The second kappa shape index (κ2) is 17.2. The molecule has 0 amide bonds. The fourth-order valence-electron chi connectivity index (χ4n) is 7.46. The van der Waals surface area contributed by atoms with Gasteiger partial charge in [-0.1, -0.05) is 156 Å². The minimum absolute atomic E-state index is 1.11. The molecule has 0 saturated heterocycles. The third kappa shape index (κ3) is 8.62. The highest BCUT2D eigenvalue weighted by molar-refractivity contribution is 7.99. The van der Waals surface area contributed by atoms with Crippen LogP contribution in [0.15, 0.2) is 240 Å². The van der Waals surface area contributed by atoms with Crippen molar-refractivity contribution in [3.8, 4) is 33.4 Å². The van der Waals surface area contributed by atoms with Crippen molar-refractivity contribution in [2.75, 3.05) is 9.80 Å². The average Bonchev–Trinajstić information content (AvgIpc) is 3.30. The molecule has 0 aliphatic heterocycles. The number of hydrogen-bond acceptors (Lipinski definition) is 3. The van der Waals surface area contributed by atoms with Crippen molar-refractivity contribution in [1.29, 1.82) is 0 Å². The molecule has 0 bridgehead atoms. The molecule has 2 nitrogen and oxygen atoms in total. The van der Waals surface area contributed by atoms with Gasteiger partial charge in [-0.25, -0.2) is 0 Å². The smallest absolute Gasteiger partial charge is 0.0462 e. The first-order chi connectivity index (χ1) is 29.0. The van der Waals surface area contributed by atoms with Gasteiger partial charge in [-0.15, -0.1) is 0 Å². The van der Waals surface area contributed by atoms with Crippen molar-refractivity contribution in [2.24, 2.45) is 0 Å². The molecule has 9 rings (SSSR count). The van der Waals surface area contributed by atoms with E-state index < -0.39 is 0 Å². The summed E-state index contributed by atoms with van der Waals surface area (Å²) in [7, 11) is 0. The average molecular weight is 777 g/mol. The Hall–Kier alpha value is -7.07. The maximum Gasteiger partial charge on any atom is 0.0462 e. The summed E-state index contributed by atoms with van der Waals surface area (Å²) in [6.07, 6.45) is 0. The van der Waals surface area contributed by atoms with Crippen LogP contribution in [0.5, 0.6) is 0 Å². The molecule has 0 heterocycles. The maximum atomic E-state index is 2.31. The zero-order valence-corrected chi connectivity index (χ0v) is 34.1. The standard InChI is InChI=1S/C56H44N2S/c1-41-13-17-43(18-14-41)45-21-29-51(30-22-45)57(49-9-5-3-6-10-49)52-33-25-47(26-34-52)48-27-37-55(38-28-48)59-56-39-35-54(36-40-56)58(50-11-7-4-8-12-50)53-31-23-46(24-32-53)44-19-15-42(2)16-20-44/h3-40H,1-2H3. The van der Waals surface area contributed by atoms with Gasteiger partial charge in [-0.05, 0) is 144 Å². The number of hydrogen-bond donors (Lipinski definition) is 0. The van der Waals surface area contributed by atoms with Crippen LogP contribution in [-0.4, -0.2) is 0 Å². The summed E-state index contributed by atoms with van der Waals surface area (Å²) in [5.41, 5.74) is 16.5. The van der Waals surface area contributed by atoms with E-state index in [4.69, 9.17) is 0 Å². The Bertz CT molecular complexity index is 2730. The summed E-state index contributed by atoms with van der Waals surface area (Å²) >= 11 is 1.78. The van der Waals surface area contributed by atoms with Crippen LogP contribution in [0.4, 0.5) is 34.1 Å². The summed E-state index contributed by atoms with van der Waals surface area (Å²) in [5, 5.41) is 0. The van der Waals surface area contributed by atoms with E-state index in [1.54, 1.807) is 11.8 Å². The highest BCUT2D eigenvalue weighted by Gasteiger charge is 2.15. The van der Waals surface area contributed by atoms with E-state index in [2.05, 4.69) is 254 Å². The van der Waals surface area contributed by atoms with E-state index in [1.165, 1.54) is 54.3 Å². The van der Waals surface area contributed by atoms with Crippen LogP contribution in [0.3, 0.4) is 0 Å². The largest absolute Gasteiger partial charge is 0.311 e. The summed E-state index contributed by atoms with van der Waals surface area (Å²) in [6.45, 7) is 4.25. The van der Waals surface area contributed by atoms with E-state index in [0.29, 0.717) is 0 Å². The highest BCUT2D eigenvalue weighted by Crippen LogP contribution is 2.39. The summed E-state index contributed by atoms with van der Waals surface area (Å²) in [4.78, 5) is 7.03. The second-order valence-corrected chi connectivity index (χ2v) is 16.0. The molecule has 0 aliphatic carbocycles. The molecule has 0 fully saturated rings. The Morgan fingerprint density at radius 3 is 0.763 bits per heavy atom. The summed E-state index contributed by atoms with van der Waals surface area (Å²) in [5.74, 6) is 0. The lowest BCUT2D eigenvalue weighted by atomic mass is 10.0. The minimum Gasteiger partial charge on any atom is -0.311 e. The van der Waals surface area contributed by atoms with E-state index in [1.807, 2.05) is 0 Å². The number of rotatable bonds is 11. The molecule has 0 radical (unpaired) electrons. The lowest BCUT2D eigenvalue weighted by Crippen LogP contribution is -2.09. The van der Waals surface area contributed by atoms with Gasteiger partial charge in [-0.2, -0.15) is 0 Å². The molecule has 0 unspecified atom stereocenters. The predicted molar refractivity (Wildman–Crippen MR) is 252 cm³/mol. The molecule has 9 aromatic carbocycles. The highest BCUT2D eigenvalue weighted by atomic mass is 32.2. The van der Waals surface area contributed by atoms with Crippen molar-refractivity contribution in [2.45, 2.75) is 23.6 Å². The zero-order valence-electron chi connectivity index (χ0n) is 33.2. The Kier molecular flexibility index (Phi) is 10.9. The fourth-order valence-corrected chi connectivity index (χ4v) is 8.28. The van der Waals surface area contributed by atoms with Crippen molar-refractivity contribution in [3.05, 3.63) is 242 Å². The quantitative estimate of drug-likeness (QED) is 0.129. The van der Waals surface area contributed by atoms with Crippen LogP contribution in [0, 0.1) is 13.8 Å². The molecular weight excluding hydrogens is 733 g/mol. The first-order valence-electron chi connectivity index (χ1n) is 20.1. The molecular formula is C56H44N2S. The number of nitrogens with zero attached hydrogens (tertiary/aromatic N) is 2. The van der Waals surface area contributed by atoms with Gasteiger partial charge in [-0.3, -0.25) is 0 Å². The third-order valence-corrected chi connectivity index (χ3v) is 11.7. The van der Waals surface area contributed by atoms with E-state index in [9.17, 15) is 0 Å². The van der Waals surface area contributed by atoms with Gasteiger partial charge in [0.25, 0.3) is 0 Å².